The molecule has 4 rings (SSSR count). The molecule has 3 saturated heterocycles. The van der Waals surface area contributed by atoms with E-state index in [0.29, 0.717) is 24.3 Å². The van der Waals surface area contributed by atoms with Crippen LogP contribution < -0.4 is 12.4 Å². The lowest BCUT2D eigenvalue weighted by atomic mass is 9.95. The second kappa shape index (κ2) is 6.88. The van der Waals surface area contributed by atoms with Crippen LogP contribution >= 0.6 is 0 Å². The zero-order chi connectivity index (χ0) is 16.9. The van der Waals surface area contributed by atoms with Crippen molar-refractivity contribution in [3.63, 3.8) is 0 Å². The van der Waals surface area contributed by atoms with Crippen molar-refractivity contribution < 1.29 is 36.3 Å². The number of quaternary nitrogens is 1. The molecule has 0 saturated carbocycles. The van der Waals surface area contributed by atoms with Gasteiger partial charge in [-0.25, -0.2) is 0 Å². The monoisotopic (exact) mass is 367 g/mol. The fourth-order valence-electron chi connectivity index (χ4n) is 4.87. The number of benzene rings is 1. The van der Waals surface area contributed by atoms with Crippen LogP contribution in [0.3, 0.4) is 0 Å². The van der Waals surface area contributed by atoms with Gasteiger partial charge in [0, 0.05) is 12.8 Å². The molecule has 138 valence electrons. The number of likely N-dealkylation sites (N-methyl/N-ethyl adjacent to an activating group) is 1. The number of aliphatic hydroxyl groups is 1. The van der Waals surface area contributed by atoms with Gasteiger partial charge in [-0.05, 0) is 12.5 Å². The molecule has 3 aliphatic rings. The van der Waals surface area contributed by atoms with E-state index >= 15 is 0 Å². The molecular formula is C19H26ClNO4. The zero-order valence-corrected chi connectivity index (χ0v) is 15.4. The lowest BCUT2D eigenvalue weighted by Crippen LogP contribution is -3.00. The van der Waals surface area contributed by atoms with E-state index in [1.165, 1.54) is 0 Å². The van der Waals surface area contributed by atoms with Gasteiger partial charge in [0.05, 0.1) is 20.2 Å². The number of carbonyl (C=O) groups excluding carboxylic acids is 1. The van der Waals surface area contributed by atoms with Gasteiger partial charge < -0.3 is 31.5 Å². The van der Waals surface area contributed by atoms with Gasteiger partial charge in [0.1, 0.15) is 36.3 Å². The van der Waals surface area contributed by atoms with Crippen LogP contribution in [-0.2, 0) is 14.3 Å². The van der Waals surface area contributed by atoms with E-state index < -0.39 is 5.92 Å². The highest BCUT2D eigenvalue weighted by atomic mass is 35.5. The van der Waals surface area contributed by atoms with E-state index in [1.54, 1.807) is 0 Å². The summed E-state index contributed by atoms with van der Waals surface area (Å²) in [6.07, 6.45) is 2.37. The minimum atomic E-state index is -0.594. The predicted molar refractivity (Wildman–Crippen MR) is 88.3 cm³/mol. The summed E-state index contributed by atoms with van der Waals surface area (Å²) in [6.45, 7) is 3.10. The Hall–Kier alpha value is -1.14. The molecule has 6 heteroatoms. The van der Waals surface area contributed by atoms with E-state index in [2.05, 4.69) is 14.0 Å². The van der Waals surface area contributed by atoms with Crippen LogP contribution in [0.1, 0.15) is 31.2 Å². The van der Waals surface area contributed by atoms with Crippen molar-refractivity contribution in [1.29, 1.82) is 0 Å². The highest BCUT2D eigenvalue weighted by Gasteiger charge is 2.71. The van der Waals surface area contributed by atoms with Gasteiger partial charge in [0.2, 0.25) is 0 Å². The summed E-state index contributed by atoms with van der Waals surface area (Å²) < 4.78 is 12.7. The van der Waals surface area contributed by atoms with Gasteiger partial charge >= 0.3 is 5.97 Å². The topological polar surface area (TPSA) is 59.1 Å². The Balaban J connectivity index is 0.00000182. The minimum absolute atomic E-state index is 0. The number of carbonyl (C=O) groups is 1. The van der Waals surface area contributed by atoms with E-state index in [-0.39, 0.29) is 31.1 Å². The Bertz CT molecular complexity index is 607. The number of ether oxygens (including phenoxy) is 2. The average molecular weight is 368 g/mol. The number of nitrogens with zero attached hydrogens (tertiary/aromatic N) is 1. The second-order valence-electron chi connectivity index (χ2n) is 7.54. The van der Waals surface area contributed by atoms with E-state index in [0.717, 1.165) is 29.4 Å². The van der Waals surface area contributed by atoms with Crippen molar-refractivity contribution in [2.45, 2.75) is 56.1 Å². The molecule has 5 nitrogen and oxygen atoms in total. The predicted octanol–water partition coefficient (Wildman–Crippen LogP) is -1.54. The van der Waals surface area contributed by atoms with Crippen LogP contribution in [0.5, 0.6) is 0 Å². The Labute approximate surface area is 154 Å². The average Bonchev–Trinajstić information content (AvgIpc) is 3.35. The Morgan fingerprint density at radius 3 is 2.40 bits per heavy atom. The third-order valence-electron chi connectivity index (χ3n) is 6.48. The lowest BCUT2D eigenvalue weighted by Gasteiger charge is -2.47. The number of hydrogen-bond acceptors (Lipinski definition) is 4. The molecule has 1 aromatic rings. The number of fused-ring (bicyclic) bond motifs is 5. The molecule has 1 aromatic carbocycles. The first-order chi connectivity index (χ1) is 11.6. The number of rotatable bonds is 5. The van der Waals surface area contributed by atoms with Gasteiger partial charge in [-0.3, -0.25) is 4.79 Å². The van der Waals surface area contributed by atoms with Crippen molar-refractivity contribution in [1.82, 2.24) is 0 Å². The van der Waals surface area contributed by atoms with Crippen LogP contribution in [-0.4, -0.2) is 66.2 Å². The zero-order valence-electron chi connectivity index (χ0n) is 14.7. The normalized spacial score (nSPS) is 39.1. The van der Waals surface area contributed by atoms with Crippen LogP contribution in [0.4, 0.5) is 0 Å². The van der Waals surface area contributed by atoms with Gasteiger partial charge in [-0.1, -0.05) is 30.3 Å². The van der Waals surface area contributed by atoms with Crippen LogP contribution in [0.25, 0.3) is 0 Å². The number of morpholine rings is 1. The fraction of sp³-hybridized carbons (Fsp3) is 0.632. The molecule has 0 spiro atoms. The first-order valence-corrected chi connectivity index (χ1v) is 8.95. The summed E-state index contributed by atoms with van der Waals surface area (Å²) in [7, 11) is 2.31. The van der Waals surface area contributed by atoms with Crippen LogP contribution in [0, 0.1) is 0 Å². The molecule has 2 bridgehead atoms. The Morgan fingerprint density at radius 1 is 1.28 bits per heavy atom. The molecule has 3 aliphatic heterocycles. The van der Waals surface area contributed by atoms with Gasteiger partial charge in [-0.2, -0.15) is 0 Å². The smallest absolute Gasteiger partial charge is 0.316 e. The molecule has 7 atom stereocenters. The van der Waals surface area contributed by atoms with Gasteiger partial charge in [0.15, 0.2) is 0 Å². The highest BCUT2D eigenvalue weighted by molar-refractivity contribution is 5.78. The van der Waals surface area contributed by atoms with Crippen molar-refractivity contribution in [3.05, 3.63) is 35.9 Å². The summed E-state index contributed by atoms with van der Waals surface area (Å²) >= 11 is 0. The molecule has 3 unspecified atom stereocenters. The fourth-order valence-corrected chi connectivity index (χ4v) is 4.87. The summed E-state index contributed by atoms with van der Waals surface area (Å²) in [5.74, 6) is -0.904. The standard InChI is InChI=1S/C19H26NO4.ClH/c1-3-20(2)15-9-13(10-16(20)18-17(15)24-18)23-19(22)14(11-21)12-7-5-4-6-8-12;/h4-8,13-18,21H,3,9-11H2,1-2H3;1H/q+1;/p-1/t13?,14?,15-,16+,17+,18-,20?;. The maximum atomic E-state index is 12.6. The molecule has 0 aliphatic carbocycles. The van der Waals surface area contributed by atoms with E-state index in [9.17, 15) is 9.90 Å². The van der Waals surface area contributed by atoms with E-state index in [1.807, 2.05) is 30.3 Å². The molecule has 0 amide bonds. The minimum Gasteiger partial charge on any atom is -1.00 e. The number of halogens is 1. The van der Waals surface area contributed by atoms with Crippen molar-refractivity contribution in [2.24, 2.45) is 0 Å². The third-order valence-corrected chi connectivity index (χ3v) is 6.48. The van der Waals surface area contributed by atoms with Crippen molar-refractivity contribution >= 4 is 5.97 Å². The first-order valence-electron chi connectivity index (χ1n) is 8.95. The van der Waals surface area contributed by atoms with Crippen molar-refractivity contribution in [2.75, 3.05) is 20.2 Å². The molecule has 3 heterocycles. The van der Waals surface area contributed by atoms with Gasteiger partial charge in [-0.15, -0.1) is 0 Å². The third kappa shape index (κ3) is 2.97. The summed E-state index contributed by atoms with van der Waals surface area (Å²) in [5.41, 5.74) is 0.809. The van der Waals surface area contributed by atoms with Crippen LogP contribution in [0.2, 0.25) is 0 Å². The molecule has 0 aromatic heterocycles. The summed E-state index contributed by atoms with van der Waals surface area (Å²) in [6, 6.07) is 10.2. The Kier molecular flexibility index (Phi) is 5.13. The van der Waals surface area contributed by atoms with Crippen molar-refractivity contribution in [3.8, 4) is 0 Å². The first kappa shape index (κ1) is 18.6. The second-order valence-corrected chi connectivity index (χ2v) is 7.54. The molecular weight excluding hydrogens is 342 g/mol. The molecule has 0 radical (unpaired) electrons. The molecule has 25 heavy (non-hydrogen) atoms. The number of aliphatic hydroxyl groups excluding tert-OH is 1. The number of epoxide rings is 1. The van der Waals surface area contributed by atoms with E-state index in [4.69, 9.17) is 9.47 Å². The largest absolute Gasteiger partial charge is 1.00 e. The highest BCUT2D eigenvalue weighted by Crippen LogP contribution is 2.52. The number of hydrogen-bond donors (Lipinski definition) is 1. The number of piperidine rings is 1. The summed E-state index contributed by atoms with van der Waals surface area (Å²) in [4.78, 5) is 12.6. The summed E-state index contributed by atoms with van der Waals surface area (Å²) in [5, 5.41) is 9.64. The SMILES string of the molecule is CC[N+]1(C)[C@@H]2CC(OC(=O)C(CO)c3ccccc3)C[C@H]1[C@H]1O[C@H]12.[Cl-]. The lowest BCUT2D eigenvalue weighted by molar-refractivity contribution is -0.954. The quantitative estimate of drug-likeness (QED) is 0.389. The van der Waals surface area contributed by atoms with Gasteiger partial charge in [0.25, 0.3) is 0 Å². The maximum absolute atomic E-state index is 12.6. The van der Waals surface area contributed by atoms with Crippen LogP contribution in [0.15, 0.2) is 30.3 Å². The number of esters is 1. The Morgan fingerprint density at radius 2 is 1.88 bits per heavy atom. The maximum Gasteiger partial charge on any atom is 0.316 e. The molecule has 3 fully saturated rings. The molecule has 1 N–H and O–H groups in total.